The van der Waals surface area contributed by atoms with E-state index in [4.69, 9.17) is 0 Å². The molecule has 160 valence electrons. The van der Waals surface area contributed by atoms with Crippen molar-refractivity contribution in [1.29, 1.82) is 0 Å². The van der Waals surface area contributed by atoms with Crippen LogP contribution in [0.4, 0.5) is 10.1 Å². The Balaban J connectivity index is 1.97. The molecule has 9 heteroatoms. The summed E-state index contributed by atoms with van der Waals surface area (Å²) >= 11 is 0. The SMILES string of the molecule is Cc1cc(-c2cc(NS(C)(=O)=O)c3c(F)nn(Cc4ccccc4)c3c2)cn(C)c1=O. The smallest absolute Gasteiger partial charge is 0.253 e. The number of aryl methyl sites for hydroxylation is 2. The molecule has 0 spiro atoms. The third-order valence-electron chi connectivity index (χ3n) is 4.98. The Bertz CT molecular complexity index is 1430. The van der Waals surface area contributed by atoms with Gasteiger partial charge in [-0.2, -0.15) is 4.39 Å². The Morgan fingerprint density at radius 3 is 2.45 bits per heavy atom. The summed E-state index contributed by atoms with van der Waals surface area (Å²) in [6, 6.07) is 14.5. The summed E-state index contributed by atoms with van der Waals surface area (Å²) < 4.78 is 44.1. The Kier molecular flexibility index (Phi) is 5.14. The quantitative estimate of drug-likeness (QED) is 0.516. The minimum Gasteiger partial charge on any atom is -0.318 e. The topological polar surface area (TPSA) is 86.0 Å². The van der Waals surface area contributed by atoms with Crippen LogP contribution in [-0.2, 0) is 23.6 Å². The molecule has 0 saturated carbocycles. The van der Waals surface area contributed by atoms with Gasteiger partial charge in [0.05, 0.1) is 29.4 Å². The number of hydrogen-bond donors (Lipinski definition) is 1. The minimum absolute atomic E-state index is 0.0895. The zero-order valence-corrected chi connectivity index (χ0v) is 18.1. The molecule has 0 bridgehead atoms. The molecule has 2 aromatic heterocycles. The molecular formula is C22H21FN4O3S. The second-order valence-corrected chi connectivity index (χ2v) is 9.30. The van der Waals surface area contributed by atoms with Gasteiger partial charge in [0.1, 0.15) is 0 Å². The first kappa shape index (κ1) is 20.8. The lowest BCUT2D eigenvalue weighted by atomic mass is 10.0. The number of nitrogens with zero attached hydrogens (tertiary/aromatic N) is 3. The van der Waals surface area contributed by atoms with E-state index in [-0.39, 0.29) is 16.6 Å². The Morgan fingerprint density at radius 1 is 1.10 bits per heavy atom. The molecule has 0 radical (unpaired) electrons. The second-order valence-electron chi connectivity index (χ2n) is 7.55. The van der Waals surface area contributed by atoms with Crippen LogP contribution in [0.2, 0.25) is 0 Å². The first-order valence-electron chi connectivity index (χ1n) is 9.52. The van der Waals surface area contributed by atoms with Gasteiger partial charge in [0.15, 0.2) is 0 Å². The van der Waals surface area contributed by atoms with Crippen molar-refractivity contribution in [3.8, 4) is 11.1 Å². The molecule has 0 saturated heterocycles. The summed E-state index contributed by atoms with van der Waals surface area (Å²) in [4.78, 5) is 12.1. The molecule has 7 nitrogen and oxygen atoms in total. The van der Waals surface area contributed by atoms with Crippen molar-refractivity contribution >= 4 is 26.6 Å². The lowest BCUT2D eigenvalue weighted by Gasteiger charge is -2.12. The average molecular weight is 441 g/mol. The fourth-order valence-corrected chi connectivity index (χ4v) is 4.18. The number of halogens is 1. The molecule has 2 heterocycles. The number of hydrogen-bond acceptors (Lipinski definition) is 4. The number of pyridine rings is 1. The maximum atomic E-state index is 14.8. The average Bonchev–Trinajstić information content (AvgIpc) is 3.01. The molecule has 0 unspecified atom stereocenters. The van der Waals surface area contributed by atoms with Gasteiger partial charge in [-0.15, -0.1) is 5.10 Å². The Labute approximate surface area is 178 Å². The largest absolute Gasteiger partial charge is 0.318 e. The predicted octanol–water partition coefficient (Wildman–Crippen LogP) is 3.27. The maximum Gasteiger partial charge on any atom is 0.253 e. The van der Waals surface area contributed by atoms with Gasteiger partial charge in [-0.1, -0.05) is 30.3 Å². The molecular weight excluding hydrogens is 419 g/mol. The van der Waals surface area contributed by atoms with Crippen LogP contribution >= 0.6 is 0 Å². The molecule has 1 N–H and O–H groups in total. The van der Waals surface area contributed by atoms with Crippen molar-refractivity contribution in [3.05, 3.63) is 82.2 Å². The number of aromatic nitrogens is 3. The van der Waals surface area contributed by atoms with Crippen molar-refractivity contribution < 1.29 is 12.8 Å². The number of nitrogens with one attached hydrogen (secondary N) is 1. The zero-order chi connectivity index (χ0) is 22.3. The second kappa shape index (κ2) is 7.66. The van der Waals surface area contributed by atoms with Gasteiger partial charge >= 0.3 is 0 Å². The van der Waals surface area contributed by atoms with Gasteiger partial charge < -0.3 is 4.57 Å². The van der Waals surface area contributed by atoms with Gasteiger partial charge in [0, 0.05) is 18.8 Å². The van der Waals surface area contributed by atoms with Crippen LogP contribution in [0.15, 0.2) is 59.5 Å². The molecule has 0 amide bonds. The summed E-state index contributed by atoms with van der Waals surface area (Å²) in [6.07, 6.45) is 2.67. The van der Waals surface area contributed by atoms with E-state index in [0.29, 0.717) is 28.8 Å². The summed E-state index contributed by atoms with van der Waals surface area (Å²) in [6.45, 7) is 2.02. The summed E-state index contributed by atoms with van der Waals surface area (Å²) in [7, 11) is -2.02. The lowest BCUT2D eigenvalue weighted by Crippen LogP contribution is -2.18. The molecule has 0 aliphatic rings. The van der Waals surface area contributed by atoms with Gasteiger partial charge in [0.25, 0.3) is 5.56 Å². The standard InChI is InChI=1S/C22H21FN4O3S/c1-14-9-17(13-26(2)22(14)28)16-10-18(25-31(3,29)30)20-19(11-16)27(24-21(20)23)12-15-7-5-4-6-8-15/h4-11,13,25H,12H2,1-3H3. The number of anilines is 1. The van der Waals surface area contributed by atoms with E-state index in [9.17, 15) is 17.6 Å². The van der Waals surface area contributed by atoms with E-state index in [1.54, 1.807) is 38.4 Å². The molecule has 4 rings (SSSR count). The number of sulfonamides is 1. The maximum absolute atomic E-state index is 14.8. The lowest BCUT2D eigenvalue weighted by molar-refractivity contribution is 0.549. The van der Waals surface area contributed by atoms with Crippen molar-refractivity contribution in [2.24, 2.45) is 7.05 Å². The fourth-order valence-electron chi connectivity index (χ4n) is 3.62. The van der Waals surface area contributed by atoms with Crippen LogP contribution in [0, 0.1) is 12.9 Å². The highest BCUT2D eigenvalue weighted by atomic mass is 32.2. The highest BCUT2D eigenvalue weighted by Gasteiger charge is 2.19. The van der Waals surface area contributed by atoms with Crippen LogP contribution in [0.3, 0.4) is 0 Å². The number of rotatable bonds is 5. The van der Waals surface area contributed by atoms with Gasteiger partial charge in [-0.25, -0.2) is 8.42 Å². The van der Waals surface area contributed by atoms with Crippen LogP contribution in [-0.4, -0.2) is 29.0 Å². The third kappa shape index (κ3) is 4.22. The summed E-state index contributed by atoms with van der Waals surface area (Å²) in [5.74, 6) is -0.764. The van der Waals surface area contributed by atoms with E-state index in [1.165, 1.54) is 9.25 Å². The highest BCUT2D eigenvalue weighted by Crippen LogP contribution is 2.33. The molecule has 0 fully saturated rings. The van der Waals surface area contributed by atoms with E-state index in [0.717, 1.165) is 11.8 Å². The van der Waals surface area contributed by atoms with Crippen molar-refractivity contribution in [3.63, 3.8) is 0 Å². The predicted molar refractivity (Wildman–Crippen MR) is 119 cm³/mol. The van der Waals surface area contributed by atoms with Crippen LogP contribution in [0.1, 0.15) is 11.1 Å². The summed E-state index contributed by atoms with van der Waals surface area (Å²) in [5.41, 5.74) is 3.21. The van der Waals surface area contributed by atoms with Crippen LogP contribution in [0.25, 0.3) is 22.0 Å². The molecule has 0 atom stereocenters. The van der Waals surface area contributed by atoms with E-state index >= 15 is 0 Å². The summed E-state index contributed by atoms with van der Waals surface area (Å²) in [5, 5.41) is 4.11. The van der Waals surface area contributed by atoms with Crippen molar-refractivity contribution in [1.82, 2.24) is 14.3 Å². The number of fused-ring (bicyclic) bond motifs is 1. The first-order valence-corrected chi connectivity index (χ1v) is 11.4. The van der Waals surface area contributed by atoms with Crippen LogP contribution in [0.5, 0.6) is 0 Å². The molecule has 2 aromatic carbocycles. The van der Waals surface area contributed by atoms with Gasteiger partial charge in [0.2, 0.25) is 16.0 Å². The van der Waals surface area contributed by atoms with Gasteiger partial charge in [-0.05, 0) is 41.8 Å². The van der Waals surface area contributed by atoms with Gasteiger partial charge in [-0.3, -0.25) is 14.2 Å². The molecule has 0 aliphatic carbocycles. The van der Waals surface area contributed by atoms with Crippen LogP contribution < -0.4 is 10.3 Å². The minimum atomic E-state index is -3.67. The monoisotopic (exact) mass is 440 g/mol. The van der Waals surface area contributed by atoms with Crippen molar-refractivity contribution in [2.45, 2.75) is 13.5 Å². The number of benzene rings is 2. The van der Waals surface area contributed by atoms with E-state index in [2.05, 4.69) is 9.82 Å². The first-order chi connectivity index (χ1) is 14.6. The third-order valence-corrected chi connectivity index (χ3v) is 5.57. The Morgan fingerprint density at radius 2 is 1.81 bits per heavy atom. The van der Waals surface area contributed by atoms with E-state index in [1.807, 2.05) is 30.3 Å². The molecule has 31 heavy (non-hydrogen) atoms. The Hall–Kier alpha value is -3.46. The normalized spacial score (nSPS) is 11.7. The van der Waals surface area contributed by atoms with Crippen molar-refractivity contribution in [2.75, 3.05) is 11.0 Å². The zero-order valence-electron chi connectivity index (χ0n) is 17.3. The fraction of sp³-hybridized carbons (Fsp3) is 0.182. The van der Waals surface area contributed by atoms with E-state index < -0.39 is 16.0 Å². The highest BCUT2D eigenvalue weighted by molar-refractivity contribution is 7.92. The molecule has 0 aliphatic heterocycles. The molecule has 4 aromatic rings.